The van der Waals surface area contributed by atoms with E-state index in [2.05, 4.69) is 41.5 Å². The first-order valence-corrected chi connectivity index (χ1v) is 9.83. The Hall–Kier alpha value is 0.0969. The van der Waals surface area contributed by atoms with E-state index < -0.39 is 14.4 Å². The normalized spacial score (nSPS) is 25.4. The number of ether oxygens (including phenoxy) is 1. The Labute approximate surface area is 119 Å². The highest BCUT2D eigenvalue weighted by molar-refractivity contribution is 6.77. The van der Waals surface area contributed by atoms with Crippen molar-refractivity contribution in [2.75, 3.05) is 6.61 Å². The van der Waals surface area contributed by atoms with Crippen LogP contribution in [0.3, 0.4) is 0 Å². The third kappa shape index (κ3) is 4.03. The lowest BCUT2D eigenvalue weighted by Gasteiger charge is -2.42. The van der Waals surface area contributed by atoms with Crippen molar-refractivity contribution in [3.8, 4) is 0 Å². The van der Waals surface area contributed by atoms with E-state index in [-0.39, 0.29) is 6.10 Å². The van der Waals surface area contributed by atoms with Crippen molar-refractivity contribution in [3.05, 3.63) is 0 Å². The van der Waals surface area contributed by atoms with Crippen LogP contribution in [0.2, 0.25) is 16.6 Å². The van der Waals surface area contributed by atoms with Gasteiger partial charge in [-0.2, -0.15) is 0 Å². The van der Waals surface area contributed by atoms with Gasteiger partial charge in [0.15, 0.2) is 8.32 Å². The first kappa shape index (κ1) is 17.1. The largest absolute Gasteiger partial charge is 0.413 e. The minimum absolute atomic E-state index is 0.242. The number of hydrogen-bond acceptors (Lipinski definition) is 3. The zero-order chi connectivity index (χ0) is 14.8. The predicted octanol–water partition coefficient (Wildman–Crippen LogP) is 3.72. The van der Waals surface area contributed by atoms with Crippen LogP contribution >= 0.6 is 0 Å². The smallest absolute Gasteiger partial charge is 0.200 e. The molecule has 0 unspecified atom stereocenters. The maximum atomic E-state index is 10.1. The Morgan fingerprint density at radius 2 is 1.47 bits per heavy atom. The monoisotopic (exact) mass is 288 g/mol. The molecule has 1 aliphatic rings. The highest BCUT2D eigenvalue weighted by Crippen LogP contribution is 2.42. The molecule has 0 aromatic rings. The van der Waals surface area contributed by atoms with Crippen LogP contribution in [0.25, 0.3) is 0 Å². The van der Waals surface area contributed by atoms with Crippen molar-refractivity contribution in [1.29, 1.82) is 0 Å². The quantitative estimate of drug-likeness (QED) is 0.547. The molecule has 3 atom stereocenters. The average molecular weight is 289 g/mol. The SMILES string of the molecule is CC(C)[Si](OC[C@H](O)C[C@@H]1O[C@@H]1C)(C(C)C)C(C)C. The van der Waals surface area contributed by atoms with E-state index in [0.29, 0.717) is 35.8 Å². The van der Waals surface area contributed by atoms with Crippen molar-refractivity contribution in [1.82, 2.24) is 0 Å². The highest BCUT2D eigenvalue weighted by atomic mass is 28.4. The van der Waals surface area contributed by atoms with Gasteiger partial charge >= 0.3 is 0 Å². The molecule has 1 N–H and O–H groups in total. The van der Waals surface area contributed by atoms with Gasteiger partial charge in [-0.15, -0.1) is 0 Å². The molecular formula is C15H32O3Si. The van der Waals surface area contributed by atoms with Gasteiger partial charge in [-0.3, -0.25) is 0 Å². The van der Waals surface area contributed by atoms with Gasteiger partial charge in [0, 0.05) is 6.42 Å². The Balaban J connectivity index is 2.57. The molecule has 0 aromatic carbocycles. The lowest BCUT2D eigenvalue weighted by molar-refractivity contribution is 0.0838. The molecule has 0 aromatic heterocycles. The minimum Gasteiger partial charge on any atom is -0.413 e. The molecule has 0 saturated carbocycles. The third-order valence-corrected chi connectivity index (χ3v) is 10.7. The van der Waals surface area contributed by atoms with E-state index in [1.54, 1.807) is 0 Å². The number of aliphatic hydroxyl groups is 1. The molecule has 1 saturated heterocycles. The summed E-state index contributed by atoms with van der Waals surface area (Å²) in [4.78, 5) is 0. The summed E-state index contributed by atoms with van der Waals surface area (Å²) in [6.07, 6.45) is 0.877. The van der Waals surface area contributed by atoms with Crippen LogP contribution in [0.1, 0.15) is 54.9 Å². The molecule has 3 nitrogen and oxygen atoms in total. The lowest BCUT2D eigenvalue weighted by atomic mass is 10.2. The van der Waals surface area contributed by atoms with Crippen LogP contribution in [0.5, 0.6) is 0 Å². The van der Waals surface area contributed by atoms with E-state index in [0.717, 1.165) is 0 Å². The Kier molecular flexibility index (Phi) is 6.05. The van der Waals surface area contributed by atoms with Crippen molar-refractivity contribution >= 4 is 8.32 Å². The van der Waals surface area contributed by atoms with Crippen LogP contribution in [0.4, 0.5) is 0 Å². The topological polar surface area (TPSA) is 42.0 Å². The number of rotatable bonds is 8. The van der Waals surface area contributed by atoms with E-state index in [4.69, 9.17) is 9.16 Å². The molecule has 1 heterocycles. The van der Waals surface area contributed by atoms with Gasteiger partial charge in [-0.25, -0.2) is 0 Å². The zero-order valence-corrected chi connectivity index (χ0v) is 14.6. The van der Waals surface area contributed by atoms with Gasteiger partial charge in [0.1, 0.15) is 0 Å². The fourth-order valence-corrected chi connectivity index (χ4v) is 9.04. The maximum absolute atomic E-state index is 10.1. The van der Waals surface area contributed by atoms with Gasteiger partial charge in [0.05, 0.1) is 24.9 Å². The molecule has 0 radical (unpaired) electrons. The molecule has 0 aliphatic carbocycles. The molecule has 0 amide bonds. The molecule has 0 bridgehead atoms. The summed E-state index contributed by atoms with van der Waals surface area (Å²) in [5.41, 5.74) is 1.70. The average Bonchev–Trinajstić information content (AvgIpc) is 2.93. The van der Waals surface area contributed by atoms with Crippen molar-refractivity contribution in [2.45, 2.75) is 89.8 Å². The molecule has 1 rings (SSSR count). The standard InChI is InChI=1S/C15H32O3Si/c1-10(2)19(11(3)4,12(5)6)17-9-14(16)8-15-13(7)18-15/h10-16H,8-9H2,1-7H3/t13-,14-,15+/m1/s1. The summed E-state index contributed by atoms with van der Waals surface area (Å²) in [5.74, 6) is 0. The molecule has 1 aliphatic heterocycles. The van der Waals surface area contributed by atoms with Gasteiger partial charge in [0.25, 0.3) is 0 Å². The number of epoxide rings is 1. The summed E-state index contributed by atoms with van der Waals surface area (Å²) < 4.78 is 11.7. The zero-order valence-electron chi connectivity index (χ0n) is 13.6. The number of hydrogen-bond donors (Lipinski definition) is 1. The maximum Gasteiger partial charge on any atom is 0.200 e. The van der Waals surface area contributed by atoms with Crippen LogP contribution in [-0.2, 0) is 9.16 Å². The summed E-state index contributed by atoms with van der Waals surface area (Å²) in [6, 6.07) is 0. The molecule has 114 valence electrons. The van der Waals surface area contributed by atoms with Gasteiger partial charge in [-0.1, -0.05) is 41.5 Å². The Morgan fingerprint density at radius 3 is 1.79 bits per heavy atom. The summed E-state index contributed by atoms with van der Waals surface area (Å²) in [6.45, 7) is 16.1. The van der Waals surface area contributed by atoms with Crippen molar-refractivity contribution < 1.29 is 14.3 Å². The van der Waals surface area contributed by atoms with Crippen LogP contribution in [0.15, 0.2) is 0 Å². The molecular weight excluding hydrogens is 256 g/mol. The van der Waals surface area contributed by atoms with Gasteiger partial charge in [0.2, 0.25) is 0 Å². The molecule has 0 spiro atoms. The predicted molar refractivity (Wildman–Crippen MR) is 82.0 cm³/mol. The van der Waals surface area contributed by atoms with E-state index in [1.807, 2.05) is 6.92 Å². The summed E-state index contributed by atoms with van der Waals surface area (Å²) in [7, 11) is -1.84. The molecule has 19 heavy (non-hydrogen) atoms. The van der Waals surface area contributed by atoms with Crippen molar-refractivity contribution in [2.24, 2.45) is 0 Å². The highest BCUT2D eigenvalue weighted by Gasteiger charge is 2.45. The van der Waals surface area contributed by atoms with E-state index in [9.17, 15) is 5.11 Å². The van der Waals surface area contributed by atoms with Gasteiger partial charge < -0.3 is 14.3 Å². The lowest BCUT2D eigenvalue weighted by Crippen LogP contribution is -2.49. The first-order chi connectivity index (χ1) is 8.71. The van der Waals surface area contributed by atoms with Crippen LogP contribution < -0.4 is 0 Å². The van der Waals surface area contributed by atoms with E-state index in [1.165, 1.54) is 0 Å². The second-order valence-electron chi connectivity index (χ2n) is 6.90. The molecule has 4 heteroatoms. The second-order valence-corrected chi connectivity index (χ2v) is 12.4. The minimum atomic E-state index is -1.84. The summed E-state index contributed by atoms with van der Waals surface area (Å²) >= 11 is 0. The Morgan fingerprint density at radius 1 is 1.05 bits per heavy atom. The Bertz CT molecular complexity index is 257. The molecule has 1 fully saturated rings. The fourth-order valence-electron chi connectivity index (χ4n) is 3.55. The van der Waals surface area contributed by atoms with Crippen molar-refractivity contribution in [3.63, 3.8) is 0 Å². The van der Waals surface area contributed by atoms with Gasteiger partial charge in [-0.05, 0) is 23.5 Å². The van der Waals surface area contributed by atoms with Crippen LogP contribution in [0, 0.1) is 0 Å². The van der Waals surface area contributed by atoms with Crippen LogP contribution in [-0.4, -0.2) is 38.3 Å². The third-order valence-electron chi connectivity index (χ3n) is 4.57. The number of aliphatic hydroxyl groups excluding tert-OH is 1. The fraction of sp³-hybridized carbons (Fsp3) is 1.00. The second kappa shape index (κ2) is 6.70. The first-order valence-electron chi connectivity index (χ1n) is 7.69. The summed E-state index contributed by atoms with van der Waals surface area (Å²) in [5, 5.41) is 10.1. The van der Waals surface area contributed by atoms with E-state index >= 15 is 0 Å².